The van der Waals surface area contributed by atoms with Crippen molar-refractivity contribution >= 4 is 55.3 Å². The van der Waals surface area contributed by atoms with E-state index in [4.69, 9.17) is 25.4 Å². The maximum atomic E-state index is 11.5. The number of esters is 1. The molecular formula is C16H15N3O6S. The van der Waals surface area contributed by atoms with Crippen molar-refractivity contribution in [3.63, 3.8) is 0 Å². The fourth-order valence-corrected chi connectivity index (χ4v) is 3.58. The number of anilines is 1. The molecule has 2 aromatic heterocycles. The zero-order valence-electron chi connectivity index (χ0n) is 13.7. The molecule has 0 saturated heterocycles. The Bertz CT molecular complexity index is 1020. The Balaban J connectivity index is 1.94. The Hall–Kier alpha value is -3.27. The number of nitrogens with two attached hydrogens (primary N) is 2. The Kier molecular flexibility index (Phi) is 4.67. The SMILES string of the molecule is CC(=O)OCCOc1ccc2c(c1)sc1c(NC(N)=O)c(C(N)=O)oc12. The highest BCUT2D eigenvalue weighted by atomic mass is 32.1. The van der Waals surface area contributed by atoms with Crippen LogP contribution in [-0.4, -0.2) is 31.1 Å². The van der Waals surface area contributed by atoms with Crippen LogP contribution < -0.4 is 21.5 Å². The third kappa shape index (κ3) is 3.40. The molecule has 0 unspecified atom stereocenters. The Morgan fingerprint density at radius 2 is 2.00 bits per heavy atom. The fraction of sp³-hybridized carbons (Fsp3) is 0.188. The number of urea groups is 1. The van der Waals surface area contributed by atoms with E-state index in [0.29, 0.717) is 16.0 Å². The van der Waals surface area contributed by atoms with E-state index in [-0.39, 0.29) is 30.6 Å². The lowest BCUT2D eigenvalue weighted by Gasteiger charge is -2.06. The first-order chi connectivity index (χ1) is 12.4. The average molecular weight is 377 g/mol. The summed E-state index contributed by atoms with van der Waals surface area (Å²) in [6.45, 7) is 1.69. The summed E-state index contributed by atoms with van der Waals surface area (Å²) in [7, 11) is 0. The van der Waals surface area contributed by atoms with E-state index in [1.807, 2.05) is 0 Å². The number of furan rings is 1. The van der Waals surface area contributed by atoms with Gasteiger partial charge in [-0.3, -0.25) is 9.59 Å². The van der Waals surface area contributed by atoms with Crippen molar-refractivity contribution in [2.24, 2.45) is 11.5 Å². The van der Waals surface area contributed by atoms with Crippen molar-refractivity contribution in [2.75, 3.05) is 18.5 Å². The van der Waals surface area contributed by atoms with Gasteiger partial charge in [0.25, 0.3) is 5.91 Å². The van der Waals surface area contributed by atoms with Crippen LogP contribution in [0.3, 0.4) is 0 Å². The molecule has 0 aliphatic heterocycles. The van der Waals surface area contributed by atoms with E-state index in [1.165, 1.54) is 18.3 Å². The molecule has 3 rings (SSSR count). The maximum absolute atomic E-state index is 11.5. The molecule has 9 nitrogen and oxygen atoms in total. The molecule has 0 atom stereocenters. The second-order valence-electron chi connectivity index (χ2n) is 5.27. The second-order valence-corrected chi connectivity index (χ2v) is 6.32. The van der Waals surface area contributed by atoms with Crippen molar-refractivity contribution in [1.82, 2.24) is 0 Å². The molecule has 3 amide bonds. The highest BCUT2D eigenvalue weighted by molar-refractivity contribution is 7.26. The summed E-state index contributed by atoms with van der Waals surface area (Å²) < 4.78 is 17.2. The van der Waals surface area contributed by atoms with E-state index in [1.54, 1.807) is 18.2 Å². The van der Waals surface area contributed by atoms with Crippen LogP contribution in [-0.2, 0) is 9.53 Å². The number of fused-ring (bicyclic) bond motifs is 3. The van der Waals surface area contributed by atoms with Gasteiger partial charge in [-0.05, 0) is 18.2 Å². The minimum Gasteiger partial charge on any atom is -0.490 e. The van der Waals surface area contributed by atoms with Crippen molar-refractivity contribution in [3.05, 3.63) is 24.0 Å². The summed E-state index contributed by atoms with van der Waals surface area (Å²) in [4.78, 5) is 33.5. The van der Waals surface area contributed by atoms with E-state index in [0.717, 1.165) is 10.1 Å². The number of amides is 3. The van der Waals surface area contributed by atoms with Crippen LogP contribution in [0, 0.1) is 0 Å². The average Bonchev–Trinajstić information content (AvgIpc) is 3.07. The summed E-state index contributed by atoms with van der Waals surface area (Å²) >= 11 is 1.29. The lowest BCUT2D eigenvalue weighted by Crippen LogP contribution is -2.21. The molecule has 0 saturated carbocycles. The summed E-state index contributed by atoms with van der Waals surface area (Å²) in [6.07, 6.45) is 0. The molecule has 1 aromatic carbocycles. The number of hydrogen-bond donors (Lipinski definition) is 3. The Labute approximate surface area is 150 Å². The normalized spacial score (nSPS) is 10.8. The smallest absolute Gasteiger partial charge is 0.316 e. The number of rotatable bonds is 6. The number of ether oxygens (including phenoxy) is 2. The third-order valence-electron chi connectivity index (χ3n) is 3.40. The summed E-state index contributed by atoms with van der Waals surface area (Å²) in [5.74, 6) is -0.764. The standard InChI is InChI=1S/C16H15N3O6S/c1-7(20)23-4-5-24-8-2-3-9-10(6-8)26-14-11(19-16(18)22)13(15(17)21)25-12(9)14/h2-3,6H,4-5H2,1H3,(H2,17,21)(H3,18,19,22). The lowest BCUT2D eigenvalue weighted by molar-refractivity contribution is -0.141. The molecule has 0 aliphatic rings. The van der Waals surface area contributed by atoms with Crippen molar-refractivity contribution < 1.29 is 28.3 Å². The third-order valence-corrected chi connectivity index (χ3v) is 4.55. The van der Waals surface area contributed by atoms with Gasteiger partial charge in [0.2, 0.25) is 5.76 Å². The molecule has 0 spiro atoms. The molecule has 26 heavy (non-hydrogen) atoms. The van der Waals surface area contributed by atoms with E-state index in [2.05, 4.69) is 5.32 Å². The summed E-state index contributed by atoms with van der Waals surface area (Å²) in [6, 6.07) is 4.43. The molecule has 2 heterocycles. The zero-order chi connectivity index (χ0) is 18.8. The topological polar surface area (TPSA) is 147 Å². The van der Waals surface area contributed by atoms with Gasteiger partial charge < -0.3 is 30.7 Å². The number of thiophene rings is 1. The van der Waals surface area contributed by atoms with Gasteiger partial charge in [0.05, 0.1) is 4.70 Å². The largest absolute Gasteiger partial charge is 0.490 e. The molecular weight excluding hydrogens is 362 g/mol. The van der Waals surface area contributed by atoms with Gasteiger partial charge in [-0.15, -0.1) is 11.3 Å². The first-order valence-electron chi connectivity index (χ1n) is 7.48. The van der Waals surface area contributed by atoms with Gasteiger partial charge in [-0.2, -0.15) is 0 Å². The highest BCUT2D eigenvalue weighted by Gasteiger charge is 2.23. The number of nitrogens with one attached hydrogen (secondary N) is 1. The molecule has 0 bridgehead atoms. The van der Waals surface area contributed by atoms with Crippen LogP contribution >= 0.6 is 11.3 Å². The van der Waals surface area contributed by atoms with E-state index >= 15 is 0 Å². The quantitative estimate of drug-likeness (QED) is 0.443. The van der Waals surface area contributed by atoms with Crippen LogP contribution in [0.1, 0.15) is 17.5 Å². The van der Waals surface area contributed by atoms with E-state index < -0.39 is 11.9 Å². The van der Waals surface area contributed by atoms with Crippen molar-refractivity contribution in [2.45, 2.75) is 6.92 Å². The monoisotopic (exact) mass is 377 g/mol. The van der Waals surface area contributed by atoms with Crippen LogP contribution in [0.5, 0.6) is 5.75 Å². The molecule has 136 valence electrons. The highest BCUT2D eigenvalue weighted by Crippen LogP contribution is 2.43. The van der Waals surface area contributed by atoms with Gasteiger partial charge in [-0.25, -0.2) is 4.79 Å². The number of hydrogen-bond acceptors (Lipinski definition) is 7. The van der Waals surface area contributed by atoms with Crippen LogP contribution in [0.25, 0.3) is 20.4 Å². The van der Waals surface area contributed by atoms with Crippen LogP contribution in [0.2, 0.25) is 0 Å². The fourth-order valence-electron chi connectivity index (χ4n) is 2.42. The van der Waals surface area contributed by atoms with Crippen molar-refractivity contribution in [3.8, 4) is 5.75 Å². The molecule has 0 aliphatic carbocycles. The van der Waals surface area contributed by atoms with Crippen LogP contribution in [0.15, 0.2) is 22.6 Å². The predicted molar refractivity (Wildman–Crippen MR) is 95.4 cm³/mol. The number of carbonyl (C=O) groups excluding carboxylic acids is 3. The first-order valence-corrected chi connectivity index (χ1v) is 8.30. The van der Waals surface area contributed by atoms with Crippen molar-refractivity contribution in [1.29, 1.82) is 0 Å². The molecule has 5 N–H and O–H groups in total. The zero-order valence-corrected chi connectivity index (χ0v) is 14.5. The van der Waals surface area contributed by atoms with Crippen LogP contribution in [0.4, 0.5) is 10.5 Å². The molecule has 0 radical (unpaired) electrons. The minimum atomic E-state index is -0.831. The van der Waals surface area contributed by atoms with Gasteiger partial charge in [0, 0.05) is 17.0 Å². The first kappa shape index (κ1) is 17.5. The van der Waals surface area contributed by atoms with Gasteiger partial charge in [0.15, 0.2) is 5.58 Å². The number of primary amides is 2. The molecule has 0 fully saturated rings. The van der Waals surface area contributed by atoms with E-state index in [9.17, 15) is 14.4 Å². The minimum absolute atomic E-state index is 0.148. The Morgan fingerprint density at radius 1 is 1.23 bits per heavy atom. The Morgan fingerprint density at radius 3 is 2.65 bits per heavy atom. The molecule has 3 aromatic rings. The van der Waals surface area contributed by atoms with Gasteiger partial charge in [0.1, 0.15) is 24.7 Å². The summed E-state index contributed by atoms with van der Waals surface area (Å²) in [5.41, 5.74) is 11.0. The predicted octanol–water partition coefficient (Wildman–Crippen LogP) is 2.18. The maximum Gasteiger partial charge on any atom is 0.316 e. The molecule has 10 heteroatoms. The summed E-state index contributed by atoms with van der Waals surface area (Å²) in [5, 5.41) is 3.11. The number of carbonyl (C=O) groups is 3. The van der Waals surface area contributed by atoms with Gasteiger partial charge >= 0.3 is 12.0 Å². The second kappa shape index (κ2) is 6.92. The lowest BCUT2D eigenvalue weighted by atomic mass is 10.2. The number of benzene rings is 1. The van der Waals surface area contributed by atoms with Gasteiger partial charge in [-0.1, -0.05) is 0 Å².